The van der Waals surface area contributed by atoms with Crippen LogP contribution in [0.25, 0.3) is 0 Å². The van der Waals surface area contributed by atoms with E-state index in [0.29, 0.717) is 6.42 Å². The average Bonchev–Trinajstić information content (AvgIpc) is 2.64. The second-order valence-corrected chi connectivity index (χ2v) is 4.53. The molecule has 1 heterocycles. The molecular weight excluding hydrogens is 190 g/mol. The monoisotopic (exact) mass is 207 g/mol. The Hall–Kier alpha value is -1.06. The first-order valence-electron chi connectivity index (χ1n) is 5.25. The molecule has 15 heavy (non-hydrogen) atoms. The third-order valence-corrected chi connectivity index (χ3v) is 2.72. The molecule has 1 aliphatic rings. The fourth-order valence-corrected chi connectivity index (χ4v) is 1.87. The van der Waals surface area contributed by atoms with Gasteiger partial charge in [-0.05, 0) is 30.5 Å². The lowest BCUT2D eigenvalue weighted by molar-refractivity contribution is 0.208. The SMILES string of the molecule is CC(N)(CO)Cc1ccc2c(c1)CCO2. The fraction of sp³-hybridized carbons (Fsp3) is 0.500. The maximum absolute atomic E-state index is 9.10. The largest absolute Gasteiger partial charge is 0.493 e. The Morgan fingerprint density at radius 3 is 3.07 bits per heavy atom. The Balaban J connectivity index is 2.17. The van der Waals surface area contributed by atoms with Crippen LogP contribution in [0.2, 0.25) is 0 Å². The molecule has 0 fully saturated rings. The molecule has 3 N–H and O–H groups in total. The second kappa shape index (κ2) is 3.83. The fourth-order valence-electron chi connectivity index (χ4n) is 1.87. The van der Waals surface area contributed by atoms with E-state index in [2.05, 4.69) is 6.07 Å². The van der Waals surface area contributed by atoms with Crippen molar-refractivity contribution >= 4 is 0 Å². The van der Waals surface area contributed by atoms with Gasteiger partial charge in [0.15, 0.2) is 0 Å². The Morgan fingerprint density at radius 1 is 1.53 bits per heavy atom. The molecule has 0 aromatic heterocycles. The molecule has 1 unspecified atom stereocenters. The van der Waals surface area contributed by atoms with Crippen molar-refractivity contribution in [3.8, 4) is 5.75 Å². The maximum atomic E-state index is 9.10. The van der Waals surface area contributed by atoms with Gasteiger partial charge in [-0.3, -0.25) is 0 Å². The standard InChI is InChI=1S/C12H17NO2/c1-12(13,8-14)7-9-2-3-11-10(6-9)4-5-15-11/h2-3,6,14H,4-5,7-8,13H2,1H3. The van der Waals surface area contributed by atoms with Gasteiger partial charge in [0, 0.05) is 12.0 Å². The van der Waals surface area contributed by atoms with E-state index in [1.54, 1.807) is 0 Å². The Bertz CT molecular complexity index is 361. The average molecular weight is 207 g/mol. The van der Waals surface area contributed by atoms with E-state index in [0.717, 1.165) is 18.8 Å². The van der Waals surface area contributed by atoms with Crippen molar-refractivity contribution in [1.29, 1.82) is 0 Å². The summed E-state index contributed by atoms with van der Waals surface area (Å²) in [6, 6.07) is 6.14. The predicted molar refractivity (Wildman–Crippen MR) is 59.0 cm³/mol. The van der Waals surface area contributed by atoms with Crippen LogP contribution >= 0.6 is 0 Å². The number of fused-ring (bicyclic) bond motifs is 1. The van der Waals surface area contributed by atoms with Crippen LogP contribution in [0.1, 0.15) is 18.1 Å². The Labute approximate surface area is 89.9 Å². The molecule has 0 radical (unpaired) electrons. The summed E-state index contributed by atoms with van der Waals surface area (Å²) in [6.45, 7) is 2.63. The van der Waals surface area contributed by atoms with Crippen molar-refractivity contribution < 1.29 is 9.84 Å². The van der Waals surface area contributed by atoms with E-state index >= 15 is 0 Å². The van der Waals surface area contributed by atoms with E-state index in [9.17, 15) is 0 Å². The minimum Gasteiger partial charge on any atom is -0.493 e. The lowest BCUT2D eigenvalue weighted by atomic mass is 9.93. The van der Waals surface area contributed by atoms with Gasteiger partial charge in [0.1, 0.15) is 5.75 Å². The molecule has 2 rings (SSSR count). The van der Waals surface area contributed by atoms with Crippen LogP contribution < -0.4 is 10.5 Å². The van der Waals surface area contributed by atoms with Crippen LogP contribution in [0.5, 0.6) is 5.75 Å². The molecule has 1 atom stereocenters. The lowest BCUT2D eigenvalue weighted by Crippen LogP contribution is -2.42. The highest BCUT2D eigenvalue weighted by Gasteiger charge is 2.19. The quantitative estimate of drug-likeness (QED) is 0.773. The van der Waals surface area contributed by atoms with Crippen molar-refractivity contribution in [1.82, 2.24) is 0 Å². The highest BCUT2D eigenvalue weighted by molar-refractivity contribution is 5.40. The minimum absolute atomic E-state index is 0.000580. The van der Waals surface area contributed by atoms with E-state index in [4.69, 9.17) is 15.6 Å². The topological polar surface area (TPSA) is 55.5 Å². The summed E-state index contributed by atoms with van der Waals surface area (Å²) >= 11 is 0. The molecule has 0 amide bonds. The summed E-state index contributed by atoms with van der Waals surface area (Å²) < 4.78 is 5.43. The van der Waals surface area contributed by atoms with Gasteiger partial charge in [0.05, 0.1) is 13.2 Å². The summed E-state index contributed by atoms with van der Waals surface area (Å²) in [5, 5.41) is 9.10. The molecule has 0 aliphatic carbocycles. The summed E-state index contributed by atoms with van der Waals surface area (Å²) in [4.78, 5) is 0. The molecule has 3 heteroatoms. The Kier molecular flexibility index (Phi) is 2.67. The zero-order chi connectivity index (χ0) is 10.9. The highest BCUT2D eigenvalue weighted by atomic mass is 16.5. The summed E-state index contributed by atoms with van der Waals surface area (Å²) in [5.74, 6) is 0.987. The maximum Gasteiger partial charge on any atom is 0.122 e. The lowest BCUT2D eigenvalue weighted by Gasteiger charge is -2.21. The summed E-state index contributed by atoms with van der Waals surface area (Å²) in [7, 11) is 0. The second-order valence-electron chi connectivity index (χ2n) is 4.53. The normalized spacial score (nSPS) is 18.1. The van der Waals surface area contributed by atoms with Crippen LogP contribution in [0.15, 0.2) is 18.2 Å². The van der Waals surface area contributed by atoms with E-state index in [1.165, 1.54) is 11.1 Å². The summed E-state index contributed by atoms with van der Waals surface area (Å²) in [5.41, 5.74) is 7.79. The van der Waals surface area contributed by atoms with Crippen molar-refractivity contribution in [2.75, 3.05) is 13.2 Å². The molecule has 1 aliphatic heterocycles. The van der Waals surface area contributed by atoms with Crippen molar-refractivity contribution in [3.05, 3.63) is 29.3 Å². The number of nitrogens with two attached hydrogens (primary N) is 1. The zero-order valence-corrected chi connectivity index (χ0v) is 8.99. The van der Waals surface area contributed by atoms with Crippen LogP contribution in [0.3, 0.4) is 0 Å². The third kappa shape index (κ3) is 2.30. The first-order valence-corrected chi connectivity index (χ1v) is 5.25. The van der Waals surface area contributed by atoms with Crippen LogP contribution in [-0.4, -0.2) is 23.9 Å². The van der Waals surface area contributed by atoms with Gasteiger partial charge in [0.2, 0.25) is 0 Å². The van der Waals surface area contributed by atoms with Crippen molar-refractivity contribution in [2.45, 2.75) is 25.3 Å². The molecule has 1 aromatic carbocycles. The van der Waals surface area contributed by atoms with Gasteiger partial charge in [-0.2, -0.15) is 0 Å². The van der Waals surface area contributed by atoms with Gasteiger partial charge in [-0.15, -0.1) is 0 Å². The number of aliphatic hydroxyl groups excluding tert-OH is 1. The minimum atomic E-state index is -0.534. The van der Waals surface area contributed by atoms with E-state index < -0.39 is 5.54 Å². The van der Waals surface area contributed by atoms with Crippen LogP contribution in [0.4, 0.5) is 0 Å². The van der Waals surface area contributed by atoms with E-state index in [1.807, 2.05) is 19.1 Å². The van der Waals surface area contributed by atoms with Gasteiger partial charge < -0.3 is 15.6 Å². The number of benzene rings is 1. The number of ether oxygens (including phenoxy) is 1. The first kappa shape index (κ1) is 10.5. The highest BCUT2D eigenvalue weighted by Crippen LogP contribution is 2.26. The van der Waals surface area contributed by atoms with Gasteiger partial charge in [-0.25, -0.2) is 0 Å². The summed E-state index contributed by atoms with van der Waals surface area (Å²) in [6.07, 6.45) is 1.67. The van der Waals surface area contributed by atoms with Gasteiger partial charge in [0.25, 0.3) is 0 Å². The first-order chi connectivity index (χ1) is 7.11. The zero-order valence-electron chi connectivity index (χ0n) is 8.99. The number of hydrogen-bond acceptors (Lipinski definition) is 3. The molecule has 3 nitrogen and oxygen atoms in total. The van der Waals surface area contributed by atoms with E-state index in [-0.39, 0.29) is 6.61 Å². The molecule has 1 aromatic rings. The molecule has 82 valence electrons. The predicted octanol–water partition coefficient (Wildman–Crippen LogP) is 0.874. The van der Waals surface area contributed by atoms with Crippen molar-refractivity contribution in [3.63, 3.8) is 0 Å². The number of aliphatic hydroxyl groups is 1. The smallest absolute Gasteiger partial charge is 0.122 e. The van der Waals surface area contributed by atoms with Gasteiger partial charge in [-0.1, -0.05) is 12.1 Å². The van der Waals surface area contributed by atoms with Gasteiger partial charge >= 0.3 is 0 Å². The number of rotatable bonds is 3. The number of hydrogen-bond donors (Lipinski definition) is 2. The molecule has 0 bridgehead atoms. The third-order valence-electron chi connectivity index (χ3n) is 2.72. The molecule has 0 saturated carbocycles. The van der Waals surface area contributed by atoms with Crippen LogP contribution in [-0.2, 0) is 12.8 Å². The molecule has 0 saturated heterocycles. The molecule has 0 spiro atoms. The van der Waals surface area contributed by atoms with Crippen LogP contribution in [0, 0.1) is 0 Å². The Morgan fingerprint density at radius 2 is 2.33 bits per heavy atom. The molecular formula is C12H17NO2. The van der Waals surface area contributed by atoms with Crippen molar-refractivity contribution in [2.24, 2.45) is 5.73 Å².